The molecular formula is C11H16N2O3. The lowest BCUT2D eigenvalue weighted by atomic mass is 10.3. The van der Waals surface area contributed by atoms with Crippen LogP contribution in [0.15, 0.2) is 12.1 Å². The van der Waals surface area contributed by atoms with Gasteiger partial charge in [-0.3, -0.25) is 0 Å². The quantitative estimate of drug-likeness (QED) is 0.780. The van der Waals surface area contributed by atoms with Crippen molar-refractivity contribution in [1.29, 1.82) is 0 Å². The Bertz CT molecular complexity index is 379. The predicted octanol–water partition coefficient (Wildman–Crippen LogP) is 1.30. The molecule has 0 aliphatic heterocycles. The summed E-state index contributed by atoms with van der Waals surface area (Å²) in [4.78, 5) is 15.3. The van der Waals surface area contributed by atoms with E-state index in [4.69, 9.17) is 15.2 Å². The summed E-state index contributed by atoms with van der Waals surface area (Å²) in [5.74, 6) is 0.254. The number of pyridine rings is 1. The van der Waals surface area contributed by atoms with E-state index in [0.717, 1.165) is 5.69 Å². The molecule has 5 heteroatoms. The molecule has 1 rings (SSSR count). The highest BCUT2D eigenvalue weighted by molar-refractivity contribution is 5.74. The maximum Gasteiger partial charge on any atom is 0.347 e. The second-order valence-electron chi connectivity index (χ2n) is 3.35. The first kappa shape index (κ1) is 12.3. The highest BCUT2D eigenvalue weighted by Crippen LogP contribution is 2.20. The number of nitrogen functional groups attached to an aromatic ring is 1. The van der Waals surface area contributed by atoms with Gasteiger partial charge in [-0.15, -0.1) is 0 Å². The van der Waals surface area contributed by atoms with Crippen LogP contribution in [-0.2, 0) is 9.53 Å². The minimum absolute atomic E-state index is 0.274. The third-order valence-electron chi connectivity index (χ3n) is 1.95. The summed E-state index contributed by atoms with van der Waals surface area (Å²) in [5.41, 5.74) is 6.46. The molecule has 0 fully saturated rings. The van der Waals surface area contributed by atoms with Crippen LogP contribution < -0.4 is 10.5 Å². The minimum atomic E-state index is -0.688. The first-order chi connectivity index (χ1) is 7.54. The van der Waals surface area contributed by atoms with Crippen molar-refractivity contribution in [3.63, 3.8) is 0 Å². The summed E-state index contributed by atoms with van der Waals surface area (Å²) < 4.78 is 10.2. The number of ether oxygens (including phenoxy) is 2. The van der Waals surface area contributed by atoms with Crippen LogP contribution in [0, 0.1) is 6.92 Å². The van der Waals surface area contributed by atoms with Gasteiger partial charge in [-0.1, -0.05) is 0 Å². The van der Waals surface area contributed by atoms with Crippen molar-refractivity contribution in [1.82, 2.24) is 4.98 Å². The number of nitrogens with zero attached hydrogens (tertiary/aromatic N) is 1. The number of carbonyl (C=O) groups is 1. The molecule has 1 atom stereocenters. The van der Waals surface area contributed by atoms with Crippen molar-refractivity contribution < 1.29 is 14.3 Å². The molecule has 88 valence electrons. The zero-order valence-electron chi connectivity index (χ0n) is 9.69. The molecule has 0 amide bonds. The number of esters is 1. The molecule has 0 spiro atoms. The number of aromatic nitrogens is 1. The van der Waals surface area contributed by atoms with E-state index in [0.29, 0.717) is 12.4 Å². The highest BCUT2D eigenvalue weighted by atomic mass is 16.6. The summed E-state index contributed by atoms with van der Waals surface area (Å²) in [7, 11) is 0. The zero-order valence-corrected chi connectivity index (χ0v) is 9.69. The van der Waals surface area contributed by atoms with E-state index in [1.165, 1.54) is 0 Å². The van der Waals surface area contributed by atoms with Gasteiger partial charge in [0.1, 0.15) is 0 Å². The fourth-order valence-corrected chi connectivity index (χ4v) is 1.16. The average molecular weight is 224 g/mol. The van der Waals surface area contributed by atoms with Gasteiger partial charge in [0.25, 0.3) is 0 Å². The van der Waals surface area contributed by atoms with Gasteiger partial charge in [0.05, 0.1) is 6.61 Å². The molecular weight excluding hydrogens is 208 g/mol. The topological polar surface area (TPSA) is 74.4 Å². The van der Waals surface area contributed by atoms with Gasteiger partial charge in [0, 0.05) is 5.69 Å². The molecule has 1 heterocycles. The average Bonchev–Trinajstić information content (AvgIpc) is 2.22. The molecule has 2 N–H and O–H groups in total. The fraction of sp³-hybridized carbons (Fsp3) is 0.455. The number of carbonyl (C=O) groups excluding carboxylic acids is 1. The third-order valence-corrected chi connectivity index (χ3v) is 1.95. The molecule has 0 radical (unpaired) electrons. The molecule has 0 aliphatic rings. The van der Waals surface area contributed by atoms with Crippen molar-refractivity contribution >= 4 is 11.8 Å². The Kier molecular flexibility index (Phi) is 4.10. The monoisotopic (exact) mass is 224 g/mol. The normalized spacial score (nSPS) is 11.9. The molecule has 0 bridgehead atoms. The zero-order chi connectivity index (χ0) is 12.1. The Morgan fingerprint density at radius 3 is 2.81 bits per heavy atom. The molecule has 1 unspecified atom stereocenters. The summed E-state index contributed by atoms with van der Waals surface area (Å²) in [5, 5.41) is 0. The molecule has 0 aromatic carbocycles. The number of aryl methyl sites for hydroxylation is 1. The van der Waals surface area contributed by atoms with E-state index in [1.54, 1.807) is 26.0 Å². The third kappa shape index (κ3) is 3.12. The van der Waals surface area contributed by atoms with Crippen LogP contribution in [0.4, 0.5) is 5.82 Å². The maximum absolute atomic E-state index is 11.3. The predicted molar refractivity (Wildman–Crippen MR) is 60.1 cm³/mol. The molecule has 1 aromatic heterocycles. The summed E-state index contributed by atoms with van der Waals surface area (Å²) in [6, 6.07) is 3.46. The molecule has 16 heavy (non-hydrogen) atoms. The van der Waals surface area contributed by atoms with Crippen LogP contribution in [0.5, 0.6) is 5.75 Å². The fourth-order valence-electron chi connectivity index (χ4n) is 1.16. The van der Waals surface area contributed by atoms with E-state index in [-0.39, 0.29) is 5.82 Å². The lowest BCUT2D eigenvalue weighted by Crippen LogP contribution is -2.26. The number of hydrogen-bond acceptors (Lipinski definition) is 5. The second-order valence-corrected chi connectivity index (χ2v) is 3.35. The molecule has 0 saturated heterocycles. The number of rotatable bonds is 4. The SMILES string of the molecule is CCOC(=O)C(C)Oc1ccc(C)nc1N. The Balaban J connectivity index is 2.69. The van der Waals surface area contributed by atoms with Crippen molar-refractivity contribution in [3.05, 3.63) is 17.8 Å². The Hall–Kier alpha value is -1.78. The first-order valence-corrected chi connectivity index (χ1v) is 5.11. The summed E-state index contributed by atoms with van der Waals surface area (Å²) >= 11 is 0. The molecule has 0 aliphatic carbocycles. The van der Waals surface area contributed by atoms with E-state index < -0.39 is 12.1 Å². The molecule has 0 saturated carbocycles. The smallest absolute Gasteiger partial charge is 0.347 e. The summed E-state index contributed by atoms with van der Waals surface area (Å²) in [6.07, 6.45) is -0.688. The van der Waals surface area contributed by atoms with Crippen molar-refractivity contribution in [3.8, 4) is 5.75 Å². The van der Waals surface area contributed by atoms with Crippen LogP contribution in [-0.4, -0.2) is 23.7 Å². The van der Waals surface area contributed by atoms with Gasteiger partial charge < -0.3 is 15.2 Å². The van der Waals surface area contributed by atoms with E-state index >= 15 is 0 Å². The molecule has 5 nitrogen and oxygen atoms in total. The van der Waals surface area contributed by atoms with Crippen molar-refractivity contribution in [2.75, 3.05) is 12.3 Å². The molecule has 1 aromatic rings. The standard InChI is InChI=1S/C11H16N2O3/c1-4-15-11(14)8(3)16-9-6-5-7(2)13-10(9)12/h5-6,8H,4H2,1-3H3,(H2,12,13). The highest BCUT2D eigenvalue weighted by Gasteiger charge is 2.17. The van der Waals surface area contributed by atoms with Gasteiger partial charge in [0.15, 0.2) is 17.7 Å². The van der Waals surface area contributed by atoms with Crippen LogP contribution in [0.3, 0.4) is 0 Å². The lowest BCUT2D eigenvalue weighted by Gasteiger charge is -2.14. The van der Waals surface area contributed by atoms with Gasteiger partial charge >= 0.3 is 5.97 Å². The van der Waals surface area contributed by atoms with E-state index in [9.17, 15) is 4.79 Å². The van der Waals surface area contributed by atoms with E-state index in [1.807, 2.05) is 6.92 Å². The lowest BCUT2D eigenvalue weighted by molar-refractivity contribution is -0.150. The van der Waals surface area contributed by atoms with Crippen molar-refractivity contribution in [2.45, 2.75) is 26.9 Å². The Morgan fingerprint density at radius 2 is 2.25 bits per heavy atom. The number of hydrogen-bond donors (Lipinski definition) is 1. The Morgan fingerprint density at radius 1 is 1.56 bits per heavy atom. The number of anilines is 1. The van der Waals surface area contributed by atoms with Gasteiger partial charge in [0.2, 0.25) is 0 Å². The largest absolute Gasteiger partial charge is 0.475 e. The van der Waals surface area contributed by atoms with Crippen LogP contribution in [0.2, 0.25) is 0 Å². The summed E-state index contributed by atoms with van der Waals surface area (Å²) in [6.45, 7) is 5.51. The maximum atomic E-state index is 11.3. The van der Waals surface area contributed by atoms with Crippen LogP contribution in [0.25, 0.3) is 0 Å². The van der Waals surface area contributed by atoms with Crippen LogP contribution in [0.1, 0.15) is 19.5 Å². The first-order valence-electron chi connectivity index (χ1n) is 5.11. The number of nitrogens with two attached hydrogens (primary N) is 1. The second kappa shape index (κ2) is 5.34. The van der Waals surface area contributed by atoms with Gasteiger partial charge in [-0.05, 0) is 32.9 Å². The van der Waals surface area contributed by atoms with Gasteiger partial charge in [-0.2, -0.15) is 0 Å². The van der Waals surface area contributed by atoms with E-state index in [2.05, 4.69) is 4.98 Å². The Labute approximate surface area is 94.6 Å². The van der Waals surface area contributed by atoms with Crippen molar-refractivity contribution in [2.24, 2.45) is 0 Å². The minimum Gasteiger partial charge on any atom is -0.475 e. The van der Waals surface area contributed by atoms with Gasteiger partial charge in [-0.25, -0.2) is 9.78 Å². The van der Waals surface area contributed by atoms with Crippen LogP contribution >= 0.6 is 0 Å².